The second kappa shape index (κ2) is 5.68. The molecule has 0 aliphatic heterocycles. The van der Waals surface area contributed by atoms with Crippen LogP contribution in [0.3, 0.4) is 0 Å². The Balaban J connectivity index is 3.24. The van der Waals surface area contributed by atoms with Crippen LogP contribution in [0, 0.1) is 0 Å². The van der Waals surface area contributed by atoms with Crippen LogP contribution in [0.5, 0.6) is 17.2 Å². The molecule has 0 aliphatic rings. The van der Waals surface area contributed by atoms with Crippen molar-refractivity contribution in [2.45, 2.75) is 0 Å². The highest BCUT2D eigenvalue weighted by Gasteiger charge is 2.12. The van der Waals surface area contributed by atoms with E-state index < -0.39 is 18.2 Å². The van der Waals surface area contributed by atoms with Gasteiger partial charge in [0.25, 0.3) is 0 Å². The van der Waals surface area contributed by atoms with Crippen LogP contribution in [0.25, 0.3) is 0 Å². The number of benzene rings is 1. The fraction of sp³-hybridized carbons (Fsp3) is 0.333. The summed E-state index contributed by atoms with van der Waals surface area (Å²) in [6, 6.07) is 3.73. The van der Waals surface area contributed by atoms with Crippen LogP contribution >= 0.6 is 12.9 Å². The van der Waals surface area contributed by atoms with E-state index in [4.69, 9.17) is 14.2 Å². The Morgan fingerprint density at radius 2 is 1.50 bits per heavy atom. The van der Waals surface area contributed by atoms with Gasteiger partial charge in [0.1, 0.15) is 17.2 Å². The van der Waals surface area contributed by atoms with Crippen LogP contribution in [0.15, 0.2) is 12.1 Å². The molecular formula is C9H11BrMgO3. The lowest BCUT2D eigenvalue weighted by Crippen LogP contribution is -2.15. The number of hydrogen-bond donors (Lipinski definition) is 0. The van der Waals surface area contributed by atoms with Crippen LogP contribution in [-0.2, 0) is 0 Å². The topological polar surface area (TPSA) is 27.7 Å². The van der Waals surface area contributed by atoms with Gasteiger partial charge in [0.2, 0.25) is 0 Å². The van der Waals surface area contributed by atoms with E-state index in [-0.39, 0.29) is 0 Å². The summed E-state index contributed by atoms with van der Waals surface area (Å²) in [7, 11) is 4.92. The predicted molar refractivity (Wildman–Crippen MR) is 60.4 cm³/mol. The zero-order chi connectivity index (χ0) is 10.6. The molecular weight excluding hydrogens is 260 g/mol. The number of halogens is 1. The largest absolute Gasteiger partial charge is 0.518 e. The number of rotatable bonds is 4. The fourth-order valence-corrected chi connectivity index (χ4v) is 3.62. The Morgan fingerprint density at radius 3 is 1.79 bits per heavy atom. The first-order valence-electron chi connectivity index (χ1n) is 4.11. The van der Waals surface area contributed by atoms with E-state index >= 15 is 0 Å². The van der Waals surface area contributed by atoms with Crippen molar-refractivity contribution in [1.82, 2.24) is 0 Å². The molecule has 0 saturated heterocycles. The molecule has 0 radical (unpaired) electrons. The van der Waals surface area contributed by atoms with E-state index in [1.165, 1.54) is 0 Å². The Labute approximate surface area is 99.3 Å². The summed E-state index contributed by atoms with van der Waals surface area (Å²) in [6.45, 7) is 0. The van der Waals surface area contributed by atoms with Gasteiger partial charge in [-0.2, -0.15) is 0 Å². The van der Waals surface area contributed by atoms with Gasteiger partial charge in [0.15, 0.2) is 0 Å². The Bertz CT molecular complexity index is 292. The maximum atomic E-state index is 5.27. The molecule has 0 spiro atoms. The molecule has 0 aliphatic carbocycles. The third-order valence-corrected chi connectivity index (χ3v) is 4.60. The SMILES string of the molecule is COc1cc(OC)[c]([Mg][Br])c(OC)c1. The normalized spacial score (nSPS) is 9.14. The van der Waals surface area contributed by atoms with Crippen molar-refractivity contribution in [2.24, 2.45) is 0 Å². The second-order valence-electron chi connectivity index (χ2n) is 2.64. The van der Waals surface area contributed by atoms with Crippen molar-refractivity contribution in [1.29, 1.82) is 0 Å². The zero-order valence-electron chi connectivity index (χ0n) is 8.46. The lowest BCUT2D eigenvalue weighted by molar-refractivity contribution is 0.380. The fourth-order valence-electron chi connectivity index (χ4n) is 1.21. The van der Waals surface area contributed by atoms with Crippen LogP contribution in [-0.4, -0.2) is 39.5 Å². The quantitative estimate of drug-likeness (QED) is 0.774. The molecule has 0 aromatic heterocycles. The van der Waals surface area contributed by atoms with Crippen molar-refractivity contribution in [3.8, 4) is 17.2 Å². The summed E-state index contributed by atoms with van der Waals surface area (Å²) in [5.41, 5.74) is 0. The lowest BCUT2D eigenvalue weighted by Gasteiger charge is -2.13. The molecule has 0 N–H and O–H groups in total. The molecule has 0 fully saturated rings. The van der Waals surface area contributed by atoms with Gasteiger partial charge in [-0.1, -0.05) is 3.69 Å². The molecule has 0 bridgehead atoms. The second-order valence-corrected chi connectivity index (χ2v) is 5.30. The highest BCUT2D eigenvalue weighted by Crippen LogP contribution is 2.25. The molecule has 74 valence electrons. The van der Waals surface area contributed by atoms with Gasteiger partial charge in [-0.05, 0) is 0 Å². The van der Waals surface area contributed by atoms with Crippen molar-refractivity contribution in [3.05, 3.63) is 12.1 Å². The van der Waals surface area contributed by atoms with Gasteiger partial charge in [-0.15, -0.1) is 0 Å². The van der Waals surface area contributed by atoms with Crippen molar-refractivity contribution >= 4 is 34.8 Å². The van der Waals surface area contributed by atoms with E-state index in [0.717, 1.165) is 20.9 Å². The average Bonchev–Trinajstić information content (AvgIpc) is 2.26. The molecule has 1 rings (SSSR count). The summed E-state index contributed by atoms with van der Waals surface area (Å²) >= 11 is 3.02. The van der Waals surface area contributed by atoms with Crippen molar-refractivity contribution in [2.75, 3.05) is 21.3 Å². The third kappa shape index (κ3) is 2.46. The van der Waals surface area contributed by atoms with Gasteiger partial charge in [-0.25, -0.2) is 0 Å². The summed E-state index contributed by atoms with van der Waals surface area (Å²) in [5.74, 6) is 2.40. The Morgan fingerprint density at radius 1 is 1.00 bits per heavy atom. The molecule has 14 heavy (non-hydrogen) atoms. The Kier molecular flexibility index (Phi) is 4.84. The summed E-state index contributed by atoms with van der Waals surface area (Å²) < 4.78 is 16.8. The number of methoxy groups -OCH3 is 3. The minimum atomic E-state index is -0.505. The van der Waals surface area contributed by atoms with Gasteiger partial charge in [-0.3, -0.25) is 12.9 Å². The molecule has 0 saturated carbocycles. The maximum absolute atomic E-state index is 5.27. The van der Waals surface area contributed by atoms with Crippen LogP contribution in [0.1, 0.15) is 0 Å². The van der Waals surface area contributed by atoms with E-state index in [0.29, 0.717) is 0 Å². The standard InChI is InChI=1S/C9H11O3.BrH.Mg/c1-10-7-4-8(11-2)6-9(5-7)12-3;;/h4-5H,1-3H3;1H;/q;;+1/p-1. The smallest absolute Gasteiger partial charge is 0.499 e. The van der Waals surface area contributed by atoms with E-state index in [1.54, 1.807) is 21.3 Å². The average molecular weight is 271 g/mol. The molecule has 0 amide bonds. The monoisotopic (exact) mass is 270 g/mol. The van der Waals surface area contributed by atoms with Crippen LogP contribution in [0.2, 0.25) is 0 Å². The summed E-state index contributed by atoms with van der Waals surface area (Å²) in [4.78, 5) is 0. The molecule has 3 nitrogen and oxygen atoms in total. The number of ether oxygens (including phenoxy) is 3. The van der Waals surface area contributed by atoms with Gasteiger partial charge < -0.3 is 14.2 Å². The molecule has 1 aromatic carbocycles. The van der Waals surface area contributed by atoms with E-state index in [2.05, 4.69) is 12.9 Å². The molecule has 1 aromatic rings. The summed E-state index contributed by atoms with van der Waals surface area (Å²) in [6.07, 6.45) is 0. The minimum absolute atomic E-state index is 0.505. The van der Waals surface area contributed by atoms with E-state index in [1.807, 2.05) is 12.1 Å². The lowest BCUT2D eigenvalue weighted by atomic mass is 10.3. The van der Waals surface area contributed by atoms with E-state index in [9.17, 15) is 0 Å². The Hall–Kier alpha value is -0.134. The minimum Gasteiger partial charge on any atom is -0.499 e. The molecule has 0 unspecified atom stereocenters. The predicted octanol–water partition coefficient (Wildman–Crippen LogP) is 1.35. The van der Waals surface area contributed by atoms with Gasteiger partial charge in [0, 0.05) is 12.1 Å². The van der Waals surface area contributed by atoms with Crippen LogP contribution in [0.4, 0.5) is 0 Å². The highest BCUT2D eigenvalue weighted by atomic mass is 79.9. The van der Waals surface area contributed by atoms with Crippen molar-refractivity contribution in [3.63, 3.8) is 0 Å². The molecule has 5 heteroatoms. The first-order chi connectivity index (χ1) is 6.76. The van der Waals surface area contributed by atoms with Gasteiger partial charge in [0.05, 0.1) is 21.3 Å². The van der Waals surface area contributed by atoms with Gasteiger partial charge >= 0.3 is 18.2 Å². The molecule has 0 atom stereocenters. The zero-order valence-corrected chi connectivity index (χ0v) is 11.5. The first-order valence-corrected chi connectivity index (χ1v) is 8.72. The first kappa shape index (κ1) is 11.9. The molecule has 0 heterocycles. The summed E-state index contributed by atoms with van der Waals surface area (Å²) in [5, 5.41) is 0. The highest BCUT2D eigenvalue weighted by molar-refractivity contribution is 9.23. The third-order valence-electron chi connectivity index (χ3n) is 1.95. The van der Waals surface area contributed by atoms with Crippen LogP contribution < -0.4 is 17.9 Å². The maximum Gasteiger partial charge on any atom is 0.518 e. The number of hydrogen-bond acceptors (Lipinski definition) is 3. The van der Waals surface area contributed by atoms with Crippen molar-refractivity contribution < 1.29 is 14.2 Å².